The lowest BCUT2D eigenvalue weighted by molar-refractivity contribution is -0.158. The molecule has 0 aliphatic carbocycles. The van der Waals surface area contributed by atoms with Gasteiger partial charge in [0.15, 0.2) is 23.8 Å². The van der Waals surface area contributed by atoms with Gasteiger partial charge >= 0.3 is 13.8 Å². The quantitative estimate of drug-likeness (QED) is 0.253. The lowest BCUT2D eigenvalue weighted by Crippen LogP contribution is -2.42. The monoisotopic (exact) mass is 444 g/mol. The van der Waals surface area contributed by atoms with Gasteiger partial charge in [0, 0.05) is 0 Å². The van der Waals surface area contributed by atoms with Gasteiger partial charge in [-0.2, -0.15) is 0 Å². The number of aliphatic hydroxyl groups excluding tert-OH is 1. The smallest absolute Gasteiger partial charge is 0.455 e. The molecule has 14 nitrogen and oxygen atoms in total. The number of carbonyl (C=O) groups is 1. The number of nitrogen functional groups attached to an aromatic ring is 1. The summed E-state index contributed by atoms with van der Waals surface area (Å²) in [5.74, 6) is -0.466. The average Bonchev–Trinajstić information content (AvgIpc) is 3.41. The fraction of sp³-hybridized carbons (Fsp3) is 0.600. The number of nitrogens with zero attached hydrogens (tertiary/aromatic N) is 4. The summed E-state index contributed by atoms with van der Waals surface area (Å²) >= 11 is 0. The molecule has 2 saturated heterocycles. The predicted octanol–water partition coefficient (Wildman–Crippen LogP) is -1.56. The number of rotatable bonds is 6. The number of anilines is 1. The van der Waals surface area contributed by atoms with Gasteiger partial charge in [0.05, 0.1) is 12.9 Å². The summed E-state index contributed by atoms with van der Waals surface area (Å²) in [6.07, 6.45) is -0.982. The second-order valence-corrected chi connectivity index (χ2v) is 8.21. The third-order valence-electron chi connectivity index (χ3n) is 4.97. The second kappa shape index (κ2) is 8.15. The van der Waals surface area contributed by atoms with E-state index in [1.54, 1.807) is 0 Å². The first-order chi connectivity index (χ1) is 14.2. The number of aliphatic hydroxyl groups is 1. The Kier molecular flexibility index (Phi) is 5.72. The Bertz CT molecular complexity index is 975. The molecule has 0 amide bonds. The van der Waals surface area contributed by atoms with Crippen LogP contribution in [0.1, 0.15) is 19.1 Å². The maximum Gasteiger partial charge on any atom is 0.469 e. The van der Waals surface area contributed by atoms with Crippen LogP contribution in [0.4, 0.5) is 5.82 Å². The largest absolute Gasteiger partial charge is 0.469 e. The van der Waals surface area contributed by atoms with Crippen molar-refractivity contribution < 1.29 is 38.3 Å². The Morgan fingerprint density at radius 2 is 2.20 bits per heavy atom. The minimum atomic E-state index is -4.82. The van der Waals surface area contributed by atoms with E-state index in [4.69, 9.17) is 25.0 Å². The van der Waals surface area contributed by atoms with Crippen LogP contribution in [-0.4, -0.2) is 77.9 Å². The highest BCUT2D eigenvalue weighted by molar-refractivity contribution is 7.46. The summed E-state index contributed by atoms with van der Waals surface area (Å²) in [5, 5.41) is 13.8. The number of esters is 1. The van der Waals surface area contributed by atoms with Gasteiger partial charge in [-0.25, -0.2) is 19.5 Å². The number of hydrogen-bond donors (Lipinski definition) is 5. The third-order valence-corrected chi connectivity index (χ3v) is 5.46. The first-order valence-electron chi connectivity index (χ1n) is 9.15. The summed E-state index contributed by atoms with van der Waals surface area (Å²) in [5.41, 5.74) is 6.33. The minimum absolute atomic E-state index is 0.128. The van der Waals surface area contributed by atoms with E-state index in [1.165, 1.54) is 17.2 Å². The Hall–Kier alpha value is -2.19. The van der Waals surface area contributed by atoms with Crippen LogP contribution in [0.3, 0.4) is 0 Å². The Morgan fingerprint density at radius 3 is 2.90 bits per heavy atom. The highest BCUT2D eigenvalue weighted by Crippen LogP contribution is 2.39. The molecular formula is C15H21N6O8P. The molecule has 4 heterocycles. The topological polar surface area (TPSA) is 204 Å². The number of nitrogens with one attached hydrogen (secondary N) is 1. The van der Waals surface area contributed by atoms with Crippen molar-refractivity contribution in [3.63, 3.8) is 0 Å². The fourth-order valence-corrected chi connectivity index (χ4v) is 3.90. The van der Waals surface area contributed by atoms with E-state index in [9.17, 15) is 14.5 Å². The summed E-state index contributed by atoms with van der Waals surface area (Å²) in [4.78, 5) is 42.5. The van der Waals surface area contributed by atoms with Crippen LogP contribution < -0.4 is 11.1 Å². The van der Waals surface area contributed by atoms with Crippen molar-refractivity contribution in [2.75, 3.05) is 18.9 Å². The molecular weight excluding hydrogens is 423 g/mol. The van der Waals surface area contributed by atoms with Gasteiger partial charge < -0.3 is 35.4 Å². The van der Waals surface area contributed by atoms with Crippen LogP contribution >= 0.6 is 7.82 Å². The van der Waals surface area contributed by atoms with Gasteiger partial charge in [-0.15, -0.1) is 0 Å². The Labute approximate surface area is 169 Å². The van der Waals surface area contributed by atoms with Crippen molar-refractivity contribution in [3.05, 3.63) is 12.7 Å². The van der Waals surface area contributed by atoms with Gasteiger partial charge in [0.25, 0.3) is 0 Å². The zero-order valence-corrected chi connectivity index (χ0v) is 16.5. The van der Waals surface area contributed by atoms with Crippen LogP contribution in [0.5, 0.6) is 0 Å². The zero-order chi connectivity index (χ0) is 21.5. The van der Waals surface area contributed by atoms with Gasteiger partial charge in [0.2, 0.25) is 0 Å². The average molecular weight is 444 g/mol. The molecule has 2 fully saturated rings. The molecule has 164 valence electrons. The van der Waals surface area contributed by atoms with Gasteiger partial charge in [0.1, 0.15) is 30.1 Å². The summed E-state index contributed by atoms with van der Waals surface area (Å²) in [6, 6.07) is -0.527. The number of ether oxygens (including phenoxy) is 2. The molecule has 15 heteroatoms. The van der Waals surface area contributed by atoms with E-state index in [1.807, 2.05) is 0 Å². The molecule has 0 spiro atoms. The minimum Gasteiger partial charge on any atom is -0.455 e. The van der Waals surface area contributed by atoms with Gasteiger partial charge in [-0.3, -0.25) is 13.9 Å². The first-order valence-corrected chi connectivity index (χ1v) is 10.7. The summed E-state index contributed by atoms with van der Waals surface area (Å²) in [7, 11) is -4.82. The van der Waals surface area contributed by atoms with Gasteiger partial charge in [-0.05, 0) is 19.4 Å². The number of imidazole rings is 1. The SMILES string of the molecule is Nc1ncnc2c1ncn2[C@@H]1O[C@H](COP(=O)(O)O)[C@@H](OC(=O)C2CCCN2)[C@H]1O. The Morgan fingerprint density at radius 1 is 1.40 bits per heavy atom. The maximum atomic E-state index is 12.4. The number of nitrogens with two attached hydrogens (primary N) is 1. The van der Waals surface area contributed by atoms with E-state index in [0.717, 1.165) is 6.42 Å². The van der Waals surface area contributed by atoms with E-state index in [-0.39, 0.29) is 17.0 Å². The summed E-state index contributed by atoms with van der Waals surface area (Å²) in [6.45, 7) is 0.0522. The molecule has 0 saturated carbocycles. The molecule has 0 radical (unpaired) electrons. The maximum absolute atomic E-state index is 12.4. The molecule has 2 aliphatic heterocycles. The number of aromatic nitrogens is 4. The van der Waals surface area contributed by atoms with E-state index >= 15 is 0 Å². The Balaban J connectivity index is 1.59. The lowest BCUT2D eigenvalue weighted by atomic mass is 10.1. The molecule has 30 heavy (non-hydrogen) atoms. The number of phosphoric ester groups is 1. The molecule has 0 aromatic carbocycles. The molecule has 2 aromatic rings. The normalized spacial score (nSPS) is 29.5. The van der Waals surface area contributed by atoms with Gasteiger partial charge in [-0.1, -0.05) is 0 Å². The van der Waals surface area contributed by atoms with Crippen LogP contribution in [0.25, 0.3) is 11.2 Å². The van der Waals surface area contributed by atoms with E-state index < -0.39 is 51.0 Å². The zero-order valence-electron chi connectivity index (χ0n) is 15.6. The van der Waals surface area contributed by atoms with E-state index in [0.29, 0.717) is 13.0 Å². The standard InChI is InChI=1S/C15H21N6O8P/c16-12-9-13(19-5-18-12)21(6-20-9)14-10(22)11(8(28-14)4-27-30(24,25)26)29-15(23)7-2-1-3-17-7/h5-8,10-11,14,17,22H,1-4H2,(H2,16,18,19)(H2,24,25,26)/t7?,8-,10-,11-,14-/m1/s1. The molecule has 2 aliphatic rings. The van der Waals surface area contributed by atoms with Crippen molar-refractivity contribution in [2.24, 2.45) is 0 Å². The van der Waals surface area contributed by atoms with Crippen LogP contribution in [0, 0.1) is 0 Å². The fourth-order valence-electron chi connectivity index (χ4n) is 3.56. The molecule has 5 atom stereocenters. The first kappa shape index (κ1) is 21.1. The van der Waals surface area contributed by atoms with Crippen LogP contribution in [-0.2, 0) is 23.4 Å². The van der Waals surface area contributed by atoms with Crippen LogP contribution in [0.2, 0.25) is 0 Å². The van der Waals surface area contributed by atoms with Crippen molar-refractivity contribution in [3.8, 4) is 0 Å². The third kappa shape index (κ3) is 4.16. The highest BCUT2D eigenvalue weighted by Gasteiger charge is 2.49. The highest BCUT2D eigenvalue weighted by atomic mass is 31.2. The molecule has 4 rings (SSSR count). The number of hydrogen-bond acceptors (Lipinski definition) is 11. The molecule has 6 N–H and O–H groups in total. The predicted molar refractivity (Wildman–Crippen MR) is 98.6 cm³/mol. The summed E-state index contributed by atoms with van der Waals surface area (Å²) < 4.78 is 28.2. The van der Waals surface area contributed by atoms with Crippen molar-refractivity contribution in [1.82, 2.24) is 24.8 Å². The molecule has 0 bridgehead atoms. The second-order valence-electron chi connectivity index (χ2n) is 6.98. The number of fused-ring (bicyclic) bond motifs is 1. The molecule has 2 aromatic heterocycles. The van der Waals surface area contributed by atoms with Crippen molar-refractivity contribution >= 4 is 30.8 Å². The van der Waals surface area contributed by atoms with E-state index in [2.05, 4.69) is 24.8 Å². The van der Waals surface area contributed by atoms with Crippen LogP contribution in [0.15, 0.2) is 12.7 Å². The van der Waals surface area contributed by atoms with Crippen molar-refractivity contribution in [2.45, 2.75) is 43.4 Å². The number of phosphoric acid groups is 1. The number of carbonyl (C=O) groups excluding carboxylic acids is 1. The van der Waals surface area contributed by atoms with Crippen molar-refractivity contribution in [1.29, 1.82) is 0 Å². The molecule has 1 unspecified atom stereocenters. The lowest BCUT2D eigenvalue weighted by Gasteiger charge is -2.22.